The van der Waals surface area contributed by atoms with Crippen LogP contribution in [0.2, 0.25) is 0 Å². The van der Waals surface area contributed by atoms with Crippen molar-refractivity contribution >= 4 is 43.3 Å². The first-order chi connectivity index (χ1) is 9.40. The third-order valence-corrected chi connectivity index (χ3v) is 5.97. The van der Waals surface area contributed by atoms with E-state index >= 15 is 0 Å². The number of nitrogens with one attached hydrogen (secondary N) is 1. The van der Waals surface area contributed by atoms with Gasteiger partial charge in [-0.25, -0.2) is 17.9 Å². The van der Waals surface area contributed by atoms with Gasteiger partial charge in [-0.1, -0.05) is 6.07 Å². The number of thiophene rings is 1. The van der Waals surface area contributed by atoms with E-state index in [4.69, 9.17) is 5.11 Å². The molecule has 2 aromatic heterocycles. The topological polar surface area (TPSA) is 96.4 Å². The molecule has 0 spiro atoms. The quantitative estimate of drug-likeness (QED) is 0.832. The Labute approximate surface area is 127 Å². The van der Waals surface area contributed by atoms with Crippen molar-refractivity contribution in [2.45, 2.75) is 11.4 Å². The number of aromatic carboxylic acids is 1. The minimum atomic E-state index is -3.79. The van der Waals surface area contributed by atoms with Crippen molar-refractivity contribution in [1.82, 2.24) is 9.71 Å². The first kappa shape index (κ1) is 15.1. The van der Waals surface area contributed by atoms with Crippen molar-refractivity contribution in [2.24, 2.45) is 0 Å². The number of carboxylic acid groups (broad SMARTS) is 1. The standard InChI is InChI=1S/C11H9BrN2O4S2/c12-10-9(5-8(19-10)11(15)16)20(17,18)14-6-7-3-1-2-4-13-7/h1-5,14H,6H2,(H,15,16). The lowest BCUT2D eigenvalue weighted by Gasteiger charge is -2.05. The molecular formula is C11H9BrN2O4S2. The number of rotatable bonds is 5. The van der Waals surface area contributed by atoms with Crippen LogP contribution >= 0.6 is 27.3 Å². The second kappa shape index (κ2) is 6.00. The van der Waals surface area contributed by atoms with Gasteiger partial charge in [-0.3, -0.25) is 4.98 Å². The number of pyridine rings is 1. The van der Waals surface area contributed by atoms with E-state index in [0.29, 0.717) is 5.69 Å². The number of hydrogen-bond acceptors (Lipinski definition) is 5. The molecule has 0 unspecified atom stereocenters. The summed E-state index contributed by atoms with van der Waals surface area (Å²) in [4.78, 5) is 14.7. The van der Waals surface area contributed by atoms with Gasteiger partial charge in [-0.2, -0.15) is 0 Å². The average molecular weight is 377 g/mol. The van der Waals surface area contributed by atoms with Crippen LogP contribution in [0.25, 0.3) is 0 Å². The Morgan fingerprint density at radius 1 is 1.45 bits per heavy atom. The molecule has 9 heteroatoms. The second-order valence-electron chi connectivity index (χ2n) is 3.70. The van der Waals surface area contributed by atoms with E-state index in [1.54, 1.807) is 24.4 Å². The molecule has 0 amide bonds. The second-order valence-corrected chi connectivity index (χ2v) is 7.80. The monoisotopic (exact) mass is 376 g/mol. The van der Waals surface area contributed by atoms with Crippen LogP contribution < -0.4 is 4.72 Å². The molecule has 2 rings (SSSR count). The Balaban J connectivity index is 2.20. The van der Waals surface area contributed by atoms with E-state index in [2.05, 4.69) is 25.6 Å². The first-order valence-electron chi connectivity index (χ1n) is 5.32. The van der Waals surface area contributed by atoms with Gasteiger partial charge in [0.1, 0.15) is 9.77 Å². The zero-order chi connectivity index (χ0) is 14.8. The highest BCUT2D eigenvalue weighted by Crippen LogP contribution is 2.31. The van der Waals surface area contributed by atoms with Crippen LogP contribution in [-0.2, 0) is 16.6 Å². The summed E-state index contributed by atoms with van der Waals surface area (Å²) >= 11 is 3.92. The third-order valence-electron chi connectivity index (χ3n) is 2.33. The predicted octanol–water partition coefficient (Wildman–Crippen LogP) is 2.08. The Bertz CT molecular complexity index is 728. The van der Waals surface area contributed by atoms with Crippen LogP contribution in [0.3, 0.4) is 0 Å². The minimum Gasteiger partial charge on any atom is -0.477 e. The Hall–Kier alpha value is -1.29. The minimum absolute atomic E-state index is 0.0356. The maximum absolute atomic E-state index is 12.1. The lowest BCUT2D eigenvalue weighted by molar-refractivity contribution is 0.0702. The molecule has 0 fully saturated rings. The molecule has 6 nitrogen and oxygen atoms in total. The molecule has 0 bridgehead atoms. The van der Waals surface area contributed by atoms with E-state index in [1.165, 1.54) is 0 Å². The van der Waals surface area contributed by atoms with E-state index in [0.717, 1.165) is 17.4 Å². The summed E-state index contributed by atoms with van der Waals surface area (Å²) in [7, 11) is -3.79. The van der Waals surface area contributed by atoms with Crippen LogP contribution in [0.15, 0.2) is 39.1 Å². The van der Waals surface area contributed by atoms with Gasteiger partial charge in [0, 0.05) is 6.20 Å². The molecule has 20 heavy (non-hydrogen) atoms. The number of aromatic nitrogens is 1. The number of carbonyl (C=O) groups is 1. The number of hydrogen-bond donors (Lipinski definition) is 2. The first-order valence-corrected chi connectivity index (χ1v) is 8.41. The Morgan fingerprint density at radius 3 is 2.75 bits per heavy atom. The van der Waals surface area contributed by atoms with Crippen molar-refractivity contribution in [3.63, 3.8) is 0 Å². The number of halogens is 1. The van der Waals surface area contributed by atoms with Crippen molar-refractivity contribution in [2.75, 3.05) is 0 Å². The molecule has 0 aromatic carbocycles. The van der Waals surface area contributed by atoms with E-state index in [9.17, 15) is 13.2 Å². The van der Waals surface area contributed by atoms with Crippen LogP contribution in [0, 0.1) is 0 Å². The van der Waals surface area contributed by atoms with Gasteiger partial charge in [-0.15, -0.1) is 11.3 Å². The summed E-state index contributed by atoms with van der Waals surface area (Å²) in [6, 6.07) is 6.29. The fourth-order valence-corrected chi connectivity index (χ4v) is 4.79. The Morgan fingerprint density at radius 2 is 2.20 bits per heavy atom. The summed E-state index contributed by atoms with van der Waals surface area (Å²) < 4.78 is 26.8. The SMILES string of the molecule is O=C(O)c1cc(S(=O)(=O)NCc2ccccn2)c(Br)s1. The molecule has 0 saturated carbocycles. The molecule has 0 saturated heterocycles. The highest BCUT2D eigenvalue weighted by atomic mass is 79.9. The molecule has 0 atom stereocenters. The van der Waals surface area contributed by atoms with Gasteiger partial charge in [0.25, 0.3) is 0 Å². The third kappa shape index (κ3) is 3.42. The van der Waals surface area contributed by atoms with E-state index in [-0.39, 0.29) is 20.1 Å². The molecule has 0 aliphatic carbocycles. The van der Waals surface area contributed by atoms with Gasteiger partial charge < -0.3 is 5.11 Å². The molecule has 2 aromatic rings. The zero-order valence-corrected chi connectivity index (χ0v) is 13.1. The lowest BCUT2D eigenvalue weighted by Crippen LogP contribution is -2.23. The number of sulfonamides is 1. The molecule has 2 N–H and O–H groups in total. The lowest BCUT2D eigenvalue weighted by atomic mass is 10.4. The fourth-order valence-electron chi connectivity index (χ4n) is 1.39. The molecule has 0 aliphatic rings. The van der Waals surface area contributed by atoms with Gasteiger partial charge in [0.2, 0.25) is 10.0 Å². The zero-order valence-electron chi connectivity index (χ0n) is 9.91. The largest absolute Gasteiger partial charge is 0.477 e. The smallest absolute Gasteiger partial charge is 0.345 e. The summed E-state index contributed by atoms with van der Waals surface area (Å²) in [5.41, 5.74) is 0.570. The van der Waals surface area contributed by atoms with Crippen LogP contribution in [0.5, 0.6) is 0 Å². The van der Waals surface area contributed by atoms with Crippen molar-refractivity contribution in [3.8, 4) is 0 Å². The summed E-state index contributed by atoms with van der Waals surface area (Å²) in [6.07, 6.45) is 1.56. The molecule has 106 valence electrons. The summed E-state index contributed by atoms with van der Waals surface area (Å²) in [6.45, 7) is 0.0356. The van der Waals surface area contributed by atoms with Gasteiger partial charge in [0.05, 0.1) is 16.0 Å². The molecule has 0 radical (unpaired) electrons. The van der Waals surface area contributed by atoms with Gasteiger partial charge in [-0.05, 0) is 34.1 Å². The Kier molecular flexibility index (Phi) is 4.53. The molecule has 0 aliphatic heterocycles. The molecule has 2 heterocycles. The van der Waals surface area contributed by atoms with Crippen molar-refractivity contribution in [1.29, 1.82) is 0 Å². The highest BCUT2D eigenvalue weighted by Gasteiger charge is 2.22. The van der Waals surface area contributed by atoms with Crippen LogP contribution in [-0.4, -0.2) is 24.5 Å². The van der Waals surface area contributed by atoms with Crippen LogP contribution in [0.1, 0.15) is 15.4 Å². The summed E-state index contributed by atoms with van der Waals surface area (Å²) in [5, 5.41) is 8.86. The highest BCUT2D eigenvalue weighted by molar-refractivity contribution is 9.11. The van der Waals surface area contributed by atoms with Crippen molar-refractivity contribution in [3.05, 3.63) is 44.8 Å². The van der Waals surface area contributed by atoms with Gasteiger partial charge >= 0.3 is 5.97 Å². The van der Waals surface area contributed by atoms with E-state index in [1.807, 2.05) is 0 Å². The summed E-state index contributed by atoms with van der Waals surface area (Å²) in [5.74, 6) is -1.16. The van der Waals surface area contributed by atoms with Gasteiger partial charge in [0.15, 0.2) is 0 Å². The van der Waals surface area contributed by atoms with E-state index < -0.39 is 16.0 Å². The average Bonchev–Trinajstić information content (AvgIpc) is 2.81. The van der Waals surface area contributed by atoms with Crippen molar-refractivity contribution < 1.29 is 18.3 Å². The predicted molar refractivity (Wildman–Crippen MR) is 77.2 cm³/mol. The number of nitrogens with zero attached hydrogens (tertiary/aromatic N) is 1. The maximum Gasteiger partial charge on any atom is 0.345 e. The molecular weight excluding hydrogens is 368 g/mol. The number of carboxylic acids is 1. The maximum atomic E-state index is 12.1. The van der Waals surface area contributed by atoms with Crippen LogP contribution in [0.4, 0.5) is 0 Å². The normalized spacial score (nSPS) is 11.4. The fraction of sp³-hybridized carbons (Fsp3) is 0.0909.